The van der Waals surface area contributed by atoms with Crippen molar-refractivity contribution < 1.29 is 0 Å². The first kappa shape index (κ1) is 15.2. The molecule has 0 saturated heterocycles. The summed E-state index contributed by atoms with van der Waals surface area (Å²) in [5, 5.41) is 3.02. The summed E-state index contributed by atoms with van der Waals surface area (Å²) >= 11 is 0. The minimum Gasteiger partial charge on any atom is -0.357 e. The normalized spacial score (nSPS) is 10.5. The molecular weight excluding hydrogens is 262 g/mol. The molecule has 1 aromatic heterocycles. The zero-order valence-electron chi connectivity index (χ0n) is 13.2. The van der Waals surface area contributed by atoms with Gasteiger partial charge in [0.1, 0.15) is 0 Å². The van der Waals surface area contributed by atoms with Crippen molar-refractivity contribution in [3.8, 4) is 11.4 Å². The lowest BCUT2D eigenvalue weighted by molar-refractivity contribution is 0.815. The minimum absolute atomic E-state index is 0.601. The van der Waals surface area contributed by atoms with Crippen molar-refractivity contribution >= 4 is 11.9 Å². The van der Waals surface area contributed by atoms with E-state index in [2.05, 4.69) is 58.1 Å². The second-order valence-corrected chi connectivity index (χ2v) is 4.76. The largest absolute Gasteiger partial charge is 0.357 e. The van der Waals surface area contributed by atoms with Gasteiger partial charge in [-0.05, 0) is 31.9 Å². The van der Waals surface area contributed by atoms with E-state index < -0.39 is 0 Å². The van der Waals surface area contributed by atoms with Crippen LogP contribution in [-0.4, -0.2) is 35.1 Å². The number of nitrogens with one attached hydrogen (secondary N) is 1. The lowest BCUT2D eigenvalue weighted by Gasteiger charge is -2.19. The summed E-state index contributed by atoms with van der Waals surface area (Å²) < 4.78 is 0. The monoisotopic (exact) mass is 285 g/mol. The van der Waals surface area contributed by atoms with Crippen LogP contribution in [0.1, 0.15) is 26.3 Å². The minimum atomic E-state index is 0.601. The van der Waals surface area contributed by atoms with E-state index in [1.807, 2.05) is 19.2 Å². The van der Waals surface area contributed by atoms with E-state index in [-0.39, 0.29) is 0 Å². The van der Waals surface area contributed by atoms with E-state index in [1.165, 1.54) is 5.56 Å². The van der Waals surface area contributed by atoms with Gasteiger partial charge in [-0.2, -0.15) is 15.0 Å². The zero-order valence-corrected chi connectivity index (χ0v) is 13.2. The fraction of sp³-hybridized carbons (Fsp3) is 0.438. The molecule has 0 atom stereocenters. The van der Waals surface area contributed by atoms with Crippen molar-refractivity contribution in [3.63, 3.8) is 0 Å². The molecule has 0 amide bonds. The number of aryl methyl sites for hydroxylation is 1. The van der Waals surface area contributed by atoms with Crippen molar-refractivity contribution in [1.82, 2.24) is 15.0 Å². The quantitative estimate of drug-likeness (QED) is 0.884. The SMILES string of the molecule is CCc1cccc(-c2nc(NC)nc(N(CC)CC)n2)c1. The number of aromatic nitrogens is 3. The molecule has 5 heteroatoms. The summed E-state index contributed by atoms with van der Waals surface area (Å²) in [5.41, 5.74) is 2.31. The Morgan fingerprint density at radius 2 is 1.81 bits per heavy atom. The number of anilines is 2. The maximum atomic E-state index is 4.63. The van der Waals surface area contributed by atoms with E-state index in [0.29, 0.717) is 11.8 Å². The van der Waals surface area contributed by atoms with E-state index >= 15 is 0 Å². The summed E-state index contributed by atoms with van der Waals surface area (Å²) in [6, 6.07) is 8.35. The molecule has 0 saturated carbocycles. The first-order chi connectivity index (χ1) is 10.2. The Bertz CT molecular complexity index is 593. The Kier molecular flexibility index (Phi) is 5.09. The molecule has 112 valence electrons. The summed E-state index contributed by atoms with van der Waals surface area (Å²) in [5.74, 6) is 2.03. The average molecular weight is 285 g/mol. The van der Waals surface area contributed by atoms with Crippen molar-refractivity contribution in [1.29, 1.82) is 0 Å². The smallest absolute Gasteiger partial charge is 0.230 e. The molecule has 0 aliphatic heterocycles. The van der Waals surface area contributed by atoms with Crippen LogP contribution in [0.25, 0.3) is 11.4 Å². The standard InChI is InChI=1S/C16H23N5/c1-5-12-9-8-10-13(11-12)14-18-15(17-4)20-16(19-14)21(6-2)7-3/h8-11H,5-7H2,1-4H3,(H,17,18,19,20). The van der Waals surface area contributed by atoms with Crippen molar-refractivity contribution in [2.24, 2.45) is 0 Å². The van der Waals surface area contributed by atoms with Crippen LogP contribution in [0.4, 0.5) is 11.9 Å². The van der Waals surface area contributed by atoms with Gasteiger partial charge in [0.2, 0.25) is 11.9 Å². The molecule has 0 unspecified atom stereocenters. The maximum absolute atomic E-state index is 4.63. The van der Waals surface area contributed by atoms with E-state index in [4.69, 9.17) is 0 Å². The van der Waals surface area contributed by atoms with E-state index in [9.17, 15) is 0 Å². The number of benzene rings is 1. The highest BCUT2D eigenvalue weighted by molar-refractivity contribution is 5.59. The van der Waals surface area contributed by atoms with Gasteiger partial charge in [-0.15, -0.1) is 0 Å². The molecule has 0 fully saturated rings. The molecule has 0 spiro atoms. The first-order valence-corrected chi connectivity index (χ1v) is 7.49. The van der Waals surface area contributed by atoms with Crippen molar-refractivity contribution in [2.75, 3.05) is 30.4 Å². The van der Waals surface area contributed by atoms with E-state index in [1.54, 1.807) is 0 Å². The van der Waals surface area contributed by atoms with Gasteiger partial charge in [0.25, 0.3) is 0 Å². The molecule has 1 N–H and O–H groups in total. The van der Waals surface area contributed by atoms with Gasteiger partial charge in [0.15, 0.2) is 5.82 Å². The fourth-order valence-corrected chi connectivity index (χ4v) is 2.18. The zero-order chi connectivity index (χ0) is 15.2. The Labute approximate surface area is 126 Å². The molecule has 1 heterocycles. The van der Waals surface area contributed by atoms with Gasteiger partial charge in [-0.3, -0.25) is 0 Å². The Hall–Kier alpha value is -2.17. The molecule has 0 bridgehead atoms. The van der Waals surface area contributed by atoms with Crippen LogP contribution in [0.2, 0.25) is 0 Å². The number of hydrogen-bond acceptors (Lipinski definition) is 5. The summed E-state index contributed by atoms with van der Waals surface area (Å²) in [6.45, 7) is 8.09. The van der Waals surface area contributed by atoms with Crippen LogP contribution < -0.4 is 10.2 Å². The third-order valence-electron chi connectivity index (χ3n) is 3.49. The van der Waals surface area contributed by atoms with Gasteiger partial charge >= 0.3 is 0 Å². The summed E-state index contributed by atoms with van der Waals surface area (Å²) in [6.07, 6.45) is 1.00. The molecule has 2 aromatic rings. The first-order valence-electron chi connectivity index (χ1n) is 7.49. The molecule has 2 rings (SSSR count). The van der Waals surface area contributed by atoms with Crippen molar-refractivity contribution in [3.05, 3.63) is 29.8 Å². The van der Waals surface area contributed by atoms with Crippen molar-refractivity contribution in [2.45, 2.75) is 27.2 Å². The van der Waals surface area contributed by atoms with E-state index in [0.717, 1.165) is 31.0 Å². The van der Waals surface area contributed by atoms with Crippen LogP contribution in [0, 0.1) is 0 Å². The topological polar surface area (TPSA) is 53.9 Å². The second kappa shape index (κ2) is 7.02. The number of hydrogen-bond donors (Lipinski definition) is 1. The number of rotatable bonds is 6. The highest BCUT2D eigenvalue weighted by Gasteiger charge is 2.12. The molecule has 21 heavy (non-hydrogen) atoms. The Morgan fingerprint density at radius 1 is 1.05 bits per heavy atom. The highest BCUT2D eigenvalue weighted by atomic mass is 15.3. The molecule has 0 aliphatic carbocycles. The van der Waals surface area contributed by atoms with Gasteiger partial charge in [-0.1, -0.05) is 25.1 Å². The lowest BCUT2D eigenvalue weighted by Crippen LogP contribution is -2.25. The van der Waals surface area contributed by atoms with Crippen LogP contribution >= 0.6 is 0 Å². The third kappa shape index (κ3) is 3.48. The predicted octanol–water partition coefficient (Wildman–Crippen LogP) is 2.99. The second-order valence-electron chi connectivity index (χ2n) is 4.76. The summed E-state index contributed by atoms with van der Waals surface area (Å²) in [7, 11) is 1.83. The van der Waals surface area contributed by atoms with Crippen LogP contribution in [0.15, 0.2) is 24.3 Å². The molecule has 0 radical (unpaired) electrons. The van der Waals surface area contributed by atoms with Gasteiger partial charge in [0.05, 0.1) is 0 Å². The summed E-state index contributed by atoms with van der Waals surface area (Å²) in [4.78, 5) is 15.7. The molecular formula is C16H23N5. The predicted molar refractivity (Wildman–Crippen MR) is 87.7 cm³/mol. The Balaban J connectivity index is 2.49. The highest BCUT2D eigenvalue weighted by Crippen LogP contribution is 2.20. The third-order valence-corrected chi connectivity index (χ3v) is 3.49. The average Bonchev–Trinajstić information content (AvgIpc) is 2.55. The van der Waals surface area contributed by atoms with Crippen LogP contribution in [0.3, 0.4) is 0 Å². The van der Waals surface area contributed by atoms with Gasteiger partial charge < -0.3 is 10.2 Å². The Morgan fingerprint density at radius 3 is 2.43 bits per heavy atom. The number of nitrogens with zero attached hydrogens (tertiary/aromatic N) is 4. The van der Waals surface area contributed by atoms with Crippen LogP contribution in [0.5, 0.6) is 0 Å². The van der Waals surface area contributed by atoms with Crippen LogP contribution in [-0.2, 0) is 6.42 Å². The maximum Gasteiger partial charge on any atom is 0.230 e. The lowest BCUT2D eigenvalue weighted by atomic mass is 10.1. The molecule has 0 aliphatic rings. The molecule has 1 aromatic carbocycles. The molecule has 5 nitrogen and oxygen atoms in total. The fourth-order valence-electron chi connectivity index (χ4n) is 2.18. The van der Waals surface area contributed by atoms with Gasteiger partial charge in [0, 0.05) is 25.7 Å². The van der Waals surface area contributed by atoms with Gasteiger partial charge in [-0.25, -0.2) is 0 Å².